The largest absolute Gasteiger partial charge is 1.00 e. The van der Waals surface area contributed by atoms with E-state index in [4.69, 9.17) is 4.74 Å². The van der Waals surface area contributed by atoms with Crippen molar-refractivity contribution >= 4 is 6.02 Å². The van der Waals surface area contributed by atoms with Crippen LogP contribution < -0.4 is 9.44 Å². The summed E-state index contributed by atoms with van der Waals surface area (Å²) in [5.41, 5.74) is 0. The molecule has 0 aromatic heterocycles. The van der Waals surface area contributed by atoms with Gasteiger partial charge in [-0.2, -0.15) is 0 Å². The molecule has 1 aromatic rings. The summed E-state index contributed by atoms with van der Waals surface area (Å²) in [4.78, 5) is 2.12. The lowest BCUT2D eigenvalue weighted by Gasteiger charge is -2.07. The lowest BCUT2D eigenvalue weighted by Crippen LogP contribution is -3.00. The van der Waals surface area contributed by atoms with E-state index in [-0.39, 0.29) is 4.70 Å². The summed E-state index contributed by atoms with van der Waals surface area (Å²) in [5.74, 6) is 0.892. The predicted octanol–water partition coefficient (Wildman–Crippen LogP) is -1.99. The zero-order valence-corrected chi connectivity index (χ0v) is 8.98. The number of nitrogens with zero attached hydrogens (tertiary/aromatic N) is 2. The topological polar surface area (TPSA) is 15.5 Å². The van der Waals surface area contributed by atoms with E-state index in [1.807, 2.05) is 44.4 Å². The molecule has 0 unspecified atom stereocenters. The molecule has 1 heterocycles. The van der Waals surface area contributed by atoms with Crippen LogP contribution in [0.5, 0.6) is 5.75 Å². The third-order valence-electron chi connectivity index (χ3n) is 2.38. The first-order valence-corrected chi connectivity index (χ1v) is 4.79. The second-order valence-electron chi connectivity index (χ2n) is 3.54. The van der Waals surface area contributed by atoms with E-state index in [0.29, 0.717) is 0 Å². The van der Waals surface area contributed by atoms with Crippen LogP contribution in [0, 0.1) is 0 Å². The minimum atomic E-state index is 0. The molecule has 0 amide bonds. The Balaban J connectivity index is 0.00000112. The highest BCUT2D eigenvalue weighted by atomic mass is 19.0. The van der Waals surface area contributed by atoms with E-state index < -0.39 is 0 Å². The molecular weight excluding hydrogens is 195 g/mol. The van der Waals surface area contributed by atoms with E-state index in [1.54, 1.807) is 0 Å². The molecule has 0 saturated carbocycles. The van der Waals surface area contributed by atoms with Crippen LogP contribution in [0.15, 0.2) is 30.3 Å². The van der Waals surface area contributed by atoms with Crippen LogP contribution in [0.3, 0.4) is 0 Å². The number of likely N-dealkylation sites (N-methyl/N-ethyl adjacent to an activating group) is 2. The zero-order chi connectivity index (χ0) is 9.97. The Bertz CT molecular complexity index is 351. The van der Waals surface area contributed by atoms with Gasteiger partial charge in [0.15, 0.2) is 0 Å². The molecule has 0 atom stereocenters. The monoisotopic (exact) mass is 210 g/mol. The molecule has 0 spiro atoms. The third-order valence-corrected chi connectivity index (χ3v) is 2.38. The van der Waals surface area contributed by atoms with Gasteiger partial charge in [-0.15, -0.1) is 0 Å². The number of benzene rings is 1. The molecule has 0 saturated heterocycles. The van der Waals surface area contributed by atoms with Crippen LogP contribution >= 0.6 is 0 Å². The van der Waals surface area contributed by atoms with Gasteiger partial charge in [-0.25, -0.2) is 9.48 Å². The van der Waals surface area contributed by atoms with E-state index >= 15 is 0 Å². The van der Waals surface area contributed by atoms with E-state index in [0.717, 1.165) is 24.9 Å². The van der Waals surface area contributed by atoms with Gasteiger partial charge in [0.25, 0.3) is 0 Å². The molecule has 1 aromatic carbocycles. The Kier molecular flexibility index (Phi) is 3.66. The van der Waals surface area contributed by atoms with Gasteiger partial charge >= 0.3 is 6.02 Å². The van der Waals surface area contributed by atoms with Crippen molar-refractivity contribution in [2.45, 2.75) is 0 Å². The SMILES string of the molecule is CN1CC[N+](C)=C1Oc1ccccc1.[F-]. The number of ether oxygens (including phenoxy) is 1. The summed E-state index contributed by atoms with van der Waals surface area (Å²) in [6.07, 6.45) is 0. The summed E-state index contributed by atoms with van der Waals surface area (Å²) in [7, 11) is 4.09. The van der Waals surface area contributed by atoms with Crippen LogP contribution in [0.2, 0.25) is 0 Å². The molecule has 1 aliphatic rings. The van der Waals surface area contributed by atoms with Gasteiger partial charge in [0.05, 0.1) is 14.1 Å². The number of para-hydroxylation sites is 1. The van der Waals surface area contributed by atoms with Crippen LogP contribution in [-0.2, 0) is 0 Å². The maximum absolute atomic E-state index is 5.77. The van der Waals surface area contributed by atoms with E-state index in [2.05, 4.69) is 9.48 Å². The highest BCUT2D eigenvalue weighted by Gasteiger charge is 2.27. The lowest BCUT2D eigenvalue weighted by atomic mass is 10.3. The normalized spacial score (nSPS) is 15.2. The van der Waals surface area contributed by atoms with Crippen molar-refractivity contribution in [3.05, 3.63) is 30.3 Å². The van der Waals surface area contributed by atoms with Crippen molar-refractivity contribution in [2.75, 3.05) is 27.2 Å². The van der Waals surface area contributed by atoms with Crippen molar-refractivity contribution in [1.29, 1.82) is 0 Å². The maximum Gasteiger partial charge on any atom is 0.451 e. The maximum atomic E-state index is 5.77. The molecule has 0 radical (unpaired) electrons. The zero-order valence-electron chi connectivity index (χ0n) is 8.98. The number of rotatable bonds is 1. The smallest absolute Gasteiger partial charge is 0.451 e. The molecule has 0 fully saturated rings. The number of hydrogen-bond acceptors (Lipinski definition) is 2. The van der Waals surface area contributed by atoms with Crippen molar-refractivity contribution in [2.24, 2.45) is 0 Å². The first-order chi connectivity index (χ1) is 6.77. The molecular formula is C11H15FN2O. The molecule has 0 aliphatic carbocycles. The molecule has 0 N–H and O–H groups in total. The van der Waals surface area contributed by atoms with Crippen molar-refractivity contribution < 1.29 is 14.0 Å². The molecule has 1 aliphatic heterocycles. The summed E-state index contributed by atoms with van der Waals surface area (Å²) in [6, 6.07) is 10.8. The average Bonchev–Trinajstić information content (AvgIpc) is 2.51. The number of halogens is 1. The summed E-state index contributed by atoms with van der Waals surface area (Å²) in [6.45, 7) is 2.05. The van der Waals surface area contributed by atoms with Crippen LogP contribution in [-0.4, -0.2) is 42.7 Å². The quantitative estimate of drug-likeness (QED) is 0.499. The Morgan fingerprint density at radius 3 is 2.47 bits per heavy atom. The first-order valence-electron chi connectivity index (χ1n) is 4.79. The highest BCUT2D eigenvalue weighted by Crippen LogP contribution is 2.11. The fourth-order valence-corrected chi connectivity index (χ4v) is 1.53. The van der Waals surface area contributed by atoms with Gasteiger partial charge in [-0.05, 0) is 12.1 Å². The first kappa shape index (κ1) is 11.5. The average molecular weight is 210 g/mol. The van der Waals surface area contributed by atoms with Crippen molar-refractivity contribution in [1.82, 2.24) is 4.90 Å². The van der Waals surface area contributed by atoms with Crippen LogP contribution in [0.25, 0.3) is 0 Å². The standard InChI is InChI=1S/C11H15N2O.FH/c1-12-8-9-13(2)11(12)14-10-6-4-3-5-7-10;/h3-7H,8-9H2,1-2H3;1H/q+1;/p-1. The Hall–Kier alpha value is -1.58. The van der Waals surface area contributed by atoms with Crippen molar-refractivity contribution in [3.63, 3.8) is 0 Å². The lowest BCUT2D eigenvalue weighted by molar-refractivity contribution is -0.493. The highest BCUT2D eigenvalue weighted by molar-refractivity contribution is 5.72. The predicted molar refractivity (Wildman–Crippen MR) is 55.8 cm³/mol. The molecule has 0 bridgehead atoms. The number of amidine groups is 1. The second kappa shape index (κ2) is 4.77. The summed E-state index contributed by atoms with van der Waals surface area (Å²) >= 11 is 0. The van der Waals surface area contributed by atoms with Crippen LogP contribution in [0.4, 0.5) is 0 Å². The van der Waals surface area contributed by atoms with E-state index in [1.165, 1.54) is 0 Å². The fraction of sp³-hybridized carbons (Fsp3) is 0.364. The van der Waals surface area contributed by atoms with Crippen LogP contribution in [0.1, 0.15) is 0 Å². The Labute approximate surface area is 89.0 Å². The van der Waals surface area contributed by atoms with Gasteiger partial charge in [0.1, 0.15) is 18.8 Å². The Morgan fingerprint density at radius 1 is 1.27 bits per heavy atom. The second-order valence-corrected chi connectivity index (χ2v) is 3.54. The van der Waals surface area contributed by atoms with Gasteiger partial charge in [0.2, 0.25) is 0 Å². The minimum Gasteiger partial charge on any atom is -1.00 e. The third kappa shape index (κ3) is 2.46. The molecule has 2 rings (SSSR count). The molecule has 4 heteroatoms. The van der Waals surface area contributed by atoms with Gasteiger partial charge in [0, 0.05) is 0 Å². The van der Waals surface area contributed by atoms with E-state index in [9.17, 15) is 0 Å². The molecule has 3 nitrogen and oxygen atoms in total. The van der Waals surface area contributed by atoms with Gasteiger partial charge in [-0.3, -0.25) is 0 Å². The van der Waals surface area contributed by atoms with Crippen molar-refractivity contribution in [3.8, 4) is 5.75 Å². The molecule has 15 heavy (non-hydrogen) atoms. The summed E-state index contributed by atoms with van der Waals surface area (Å²) in [5, 5.41) is 0. The van der Waals surface area contributed by atoms with Gasteiger partial charge in [-0.1, -0.05) is 18.2 Å². The Morgan fingerprint density at radius 2 is 1.93 bits per heavy atom. The summed E-state index contributed by atoms with van der Waals surface area (Å²) < 4.78 is 7.89. The van der Waals surface area contributed by atoms with Gasteiger partial charge < -0.3 is 9.44 Å². The molecule has 82 valence electrons. The fourth-order valence-electron chi connectivity index (χ4n) is 1.53. The minimum absolute atomic E-state index is 0. The number of hydrogen-bond donors (Lipinski definition) is 0.